The van der Waals surface area contributed by atoms with Crippen LogP contribution in [0.1, 0.15) is 34.3 Å². The highest BCUT2D eigenvalue weighted by Gasteiger charge is 2.82. The summed E-state index contributed by atoms with van der Waals surface area (Å²) in [5.74, 6) is -1.29. The molecule has 1 aliphatic rings. The Morgan fingerprint density at radius 1 is 1.00 bits per heavy atom. The van der Waals surface area contributed by atoms with Crippen LogP contribution in [0.25, 0.3) is 0 Å². The Morgan fingerprint density at radius 3 is 2.29 bits per heavy atom. The number of benzene rings is 3. The molecule has 1 aliphatic carbocycles. The van der Waals surface area contributed by atoms with Gasteiger partial charge in [-0.1, -0.05) is 54.1 Å². The average Bonchev–Trinajstić information content (AvgIpc) is 3.35. The van der Waals surface area contributed by atoms with Crippen molar-refractivity contribution in [3.8, 4) is 6.07 Å². The first kappa shape index (κ1) is 20.8. The number of Topliss-reactive ketones (excluding diaryl/α,β-unsaturated/α-hetero) is 1. The van der Waals surface area contributed by atoms with E-state index in [1.165, 1.54) is 0 Å². The van der Waals surface area contributed by atoms with Crippen molar-refractivity contribution in [3.63, 3.8) is 0 Å². The summed E-state index contributed by atoms with van der Waals surface area (Å²) >= 11 is 5.98. The summed E-state index contributed by atoms with van der Waals surface area (Å²) in [4.78, 5) is 27.2. The van der Waals surface area contributed by atoms with Crippen LogP contribution in [0.5, 0.6) is 0 Å². The lowest BCUT2D eigenvalue weighted by atomic mass is 9.87. The molecule has 1 amide bonds. The summed E-state index contributed by atoms with van der Waals surface area (Å²) in [6.07, 6.45) is 0. The third-order valence-corrected chi connectivity index (χ3v) is 6.52. The molecular formula is C26H21ClN2O2. The highest BCUT2D eigenvalue weighted by molar-refractivity contribution is 6.30. The Kier molecular flexibility index (Phi) is 5.16. The van der Waals surface area contributed by atoms with Crippen LogP contribution in [0.15, 0.2) is 78.9 Å². The number of nitrogens with one attached hydrogen (secondary N) is 1. The Hall–Kier alpha value is -3.42. The Balaban J connectivity index is 1.79. The van der Waals surface area contributed by atoms with Gasteiger partial charge in [-0.25, -0.2) is 0 Å². The molecular weight excluding hydrogens is 408 g/mol. The molecule has 3 aromatic rings. The minimum Gasteiger partial charge on any atom is -0.325 e. The van der Waals surface area contributed by atoms with Gasteiger partial charge in [0.2, 0.25) is 5.91 Å². The number of nitrogens with zero attached hydrogens (tertiary/aromatic N) is 1. The second-order valence-electron chi connectivity index (χ2n) is 8.13. The van der Waals surface area contributed by atoms with Gasteiger partial charge in [0.25, 0.3) is 0 Å². The summed E-state index contributed by atoms with van der Waals surface area (Å²) in [5, 5.41) is 13.7. The van der Waals surface area contributed by atoms with Crippen molar-refractivity contribution in [2.75, 3.05) is 5.32 Å². The van der Waals surface area contributed by atoms with E-state index in [1.54, 1.807) is 37.3 Å². The minimum atomic E-state index is -1.53. The maximum absolute atomic E-state index is 13.6. The fourth-order valence-corrected chi connectivity index (χ4v) is 4.74. The van der Waals surface area contributed by atoms with Gasteiger partial charge >= 0.3 is 0 Å². The molecule has 0 radical (unpaired) electrons. The van der Waals surface area contributed by atoms with Crippen molar-refractivity contribution in [2.24, 2.45) is 10.8 Å². The number of nitriles is 1. The standard InChI is InChI=1S/C26H21ClN2O2/c1-17-7-6-10-21(15-17)29-24(31)26(16-28)22(18-8-4-3-5-9-18)25(26,2)23(30)19-11-13-20(27)14-12-19/h3-15,22H,1-2H3,(H,29,31)/t22-,25-,26+/m1/s1. The quantitative estimate of drug-likeness (QED) is 0.523. The second kappa shape index (κ2) is 7.68. The van der Waals surface area contributed by atoms with Crippen LogP contribution < -0.4 is 5.32 Å². The molecule has 0 aromatic heterocycles. The molecule has 31 heavy (non-hydrogen) atoms. The Bertz CT molecular complexity index is 1200. The van der Waals surface area contributed by atoms with E-state index in [4.69, 9.17) is 11.6 Å². The molecule has 0 heterocycles. The number of aryl methyl sites for hydroxylation is 1. The van der Waals surface area contributed by atoms with E-state index < -0.39 is 22.7 Å². The molecule has 3 aromatic carbocycles. The summed E-state index contributed by atoms with van der Waals surface area (Å²) in [5.41, 5.74) is 0.0417. The molecule has 0 unspecified atom stereocenters. The van der Waals surface area contributed by atoms with Crippen molar-refractivity contribution in [1.29, 1.82) is 5.26 Å². The van der Waals surface area contributed by atoms with Crippen molar-refractivity contribution >= 4 is 29.0 Å². The fraction of sp³-hybridized carbons (Fsp3) is 0.192. The van der Waals surface area contributed by atoms with Gasteiger partial charge in [-0.2, -0.15) is 5.26 Å². The van der Waals surface area contributed by atoms with Crippen LogP contribution in [-0.4, -0.2) is 11.7 Å². The molecule has 4 nitrogen and oxygen atoms in total. The van der Waals surface area contributed by atoms with Gasteiger partial charge in [0.1, 0.15) is 0 Å². The lowest BCUT2D eigenvalue weighted by Gasteiger charge is -2.16. The highest BCUT2D eigenvalue weighted by atomic mass is 35.5. The van der Waals surface area contributed by atoms with Crippen molar-refractivity contribution in [2.45, 2.75) is 19.8 Å². The van der Waals surface area contributed by atoms with Crippen LogP contribution in [0, 0.1) is 29.1 Å². The van der Waals surface area contributed by atoms with Crippen LogP contribution in [0.3, 0.4) is 0 Å². The van der Waals surface area contributed by atoms with Crippen molar-refractivity contribution in [1.82, 2.24) is 0 Å². The van der Waals surface area contributed by atoms with Crippen molar-refractivity contribution < 1.29 is 9.59 Å². The topological polar surface area (TPSA) is 70.0 Å². The van der Waals surface area contributed by atoms with E-state index in [1.807, 2.05) is 55.5 Å². The molecule has 154 valence electrons. The number of halogens is 1. The normalized spacial score (nSPS) is 24.1. The van der Waals surface area contributed by atoms with E-state index in [0.717, 1.165) is 11.1 Å². The van der Waals surface area contributed by atoms with Gasteiger partial charge < -0.3 is 5.32 Å². The molecule has 1 saturated carbocycles. The monoisotopic (exact) mass is 428 g/mol. The number of hydrogen-bond donors (Lipinski definition) is 1. The molecule has 0 bridgehead atoms. The number of hydrogen-bond acceptors (Lipinski definition) is 3. The first-order chi connectivity index (χ1) is 14.8. The van der Waals surface area contributed by atoms with Gasteiger partial charge in [0.05, 0.1) is 11.5 Å². The molecule has 1 N–H and O–H groups in total. The summed E-state index contributed by atoms with van der Waals surface area (Å²) < 4.78 is 0. The van der Waals surface area contributed by atoms with Crippen LogP contribution in [0.2, 0.25) is 5.02 Å². The number of amides is 1. The van der Waals surface area contributed by atoms with Crippen LogP contribution >= 0.6 is 11.6 Å². The number of rotatable bonds is 5. The van der Waals surface area contributed by atoms with Gasteiger partial charge in [0.15, 0.2) is 11.2 Å². The zero-order valence-corrected chi connectivity index (χ0v) is 18.0. The van der Waals surface area contributed by atoms with E-state index in [-0.39, 0.29) is 5.78 Å². The molecule has 3 atom stereocenters. The number of carbonyl (C=O) groups is 2. The summed E-state index contributed by atoms with van der Waals surface area (Å²) in [6.45, 7) is 3.63. The van der Waals surface area contributed by atoms with Gasteiger partial charge in [0, 0.05) is 22.2 Å². The van der Waals surface area contributed by atoms with E-state index in [2.05, 4.69) is 11.4 Å². The fourth-order valence-electron chi connectivity index (χ4n) is 4.61. The molecule has 0 spiro atoms. The molecule has 4 rings (SSSR count). The summed E-state index contributed by atoms with van der Waals surface area (Å²) in [7, 11) is 0. The summed E-state index contributed by atoms with van der Waals surface area (Å²) in [6, 6.07) is 25.4. The first-order valence-electron chi connectivity index (χ1n) is 9.99. The third kappa shape index (κ3) is 3.22. The number of carbonyl (C=O) groups excluding carboxylic acids is 2. The predicted molar refractivity (Wildman–Crippen MR) is 121 cm³/mol. The Labute approximate surface area is 186 Å². The lowest BCUT2D eigenvalue weighted by Crippen LogP contribution is -2.31. The first-order valence-corrected chi connectivity index (χ1v) is 10.4. The van der Waals surface area contributed by atoms with Gasteiger partial charge in [-0.15, -0.1) is 0 Å². The average molecular weight is 429 g/mol. The number of anilines is 1. The van der Waals surface area contributed by atoms with Gasteiger partial charge in [-0.05, 0) is 61.4 Å². The zero-order valence-electron chi connectivity index (χ0n) is 17.2. The molecule has 0 aliphatic heterocycles. The van der Waals surface area contributed by atoms with E-state index in [9.17, 15) is 14.9 Å². The van der Waals surface area contributed by atoms with Gasteiger partial charge in [-0.3, -0.25) is 9.59 Å². The largest absolute Gasteiger partial charge is 0.325 e. The second-order valence-corrected chi connectivity index (χ2v) is 8.56. The smallest absolute Gasteiger partial charge is 0.246 e. The third-order valence-electron chi connectivity index (χ3n) is 6.27. The van der Waals surface area contributed by atoms with E-state index in [0.29, 0.717) is 16.3 Å². The highest BCUT2D eigenvalue weighted by Crippen LogP contribution is 2.75. The molecule has 1 fully saturated rings. The molecule has 5 heteroatoms. The minimum absolute atomic E-state index is 0.251. The van der Waals surface area contributed by atoms with Crippen molar-refractivity contribution in [3.05, 3.63) is 101 Å². The lowest BCUT2D eigenvalue weighted by molar-refractivity contribution is -0.120. The zero-order chi connectivity index (χ0) is 22.2. The van der Waals surface area contributed by atoms with Crippen LogP contribution in [0.4, 0.5) is 5.69 Å². The van der Waals surface area contributed by atoms with Crippen LogP contribution in [-0.2, 0) is 4.79 Å². The Morgan fingerprint density at radius 2 is 1.68 bits per heavy atom. The van der Waals surface area contributed by atoms with E-state index >= 15 is 0 Å². The number of ketones is 1. The SMILES string of the molecule is Cc1cccc(NC(=O)[C@]2(C#N)[C@H](c3ccccc3)[C@]2(C)C(=O)c2ccc(Cl)cc2)c1. The molecule has 0 saturated heterocycles. The predicted octanol–water partition coefficient (Wildman–Crippen LogP) is 5.78. The maximum atomic E-state index is 13.6. The maximum Gasteiger partial charge on any atom is 0.246 e.